The molecule has 0 fully saturated rings. The van der Waals surface area contributed by atoms with Crippen molar-refractivity contribution in [2.75, 3.05) is 12.3 Å². The van der Waals surface area contributed by atoms with Crippen molar-refractivity contribution in [2.24, 2.45) is 5.73 Å². The minimum Gasteiger partial charge on any atom is -0.401 e. The molecule has 0 atom stereocenters. The molecule has 4 heteroatoms. The van der Waals surface area contributed by atoms with E-state index < -0.39 is 0 Å². The van der Waals surface area contributed by atoms with Gasteiger partial charge in [-0.3, -0.25) is 4.79 Å². The number of hydrogen-bond donors (Lipinski definition) is 3. The second-order valence-corrected chi connectivity index (χ2v) is 2.96. The molecule has 1 rings (SSSR count). The van der Waals surface area contributed by atoms with Crippen LogP contribution >= 0.6 is 0 Å². The summed E-state index contributed by atoms with van der Waals surface area (Å²) in [6, 6.07) is 6.66. The fourth-order valence-electron chi connectivity index (χ4n) is 0.930. The first kappa shape index (κ1) is 10.1. The summed E-state index contributed by atoms with van der Waals surface area (Å²) in [6.45, 7) is 3.76. The number of benzene rings is 1. The molecule has 0 aliphatic heterocycles. The summed E-state index contributed by atoms with van der Waals surface area (Å²) in [6.07, 6.45) is 0. The normalized spacial score (nSPS) is 9.43. The van der Waals surface area contributed by atoms with Crippen molar-refractivity contribution in [2.45, 2.75) is 0 Å². The van der Waals surface area contributed by atoms with Crippen LogP contribution < -0.4 is 16.8 Å². The lowest BCUT2D eigenvalue weighted by Crippen LogP contribution is -2.27. The van der Waals surface area contributed by atoms with Crippen molar-refractivity contribution >= 4 is 11.6 Å². The fraction of sp³-hybridized carbons (Fsp3) is 0.100. The molecule has 4 nitrogen and oxygen atoms in total. The van der Waals surface area contributed by atoms with E-state index in [2.05, 4.69) is 11.9 Å². The standard InChI is InChI=1S/C10H13N3O/c1-7(11)6-13-10(14)8-2-4-9(12)5-3-8/h2-5H,1,6,11-12H2,(H,13,14). The van der Waals surface area contributed by atoms with Crippen molar-refractivity contribution in [3.8, 4) is 0 Å². The predicted molar refractivity (Wildman–Crippen MR) is 56.5 cm³/mol. The van der Waals surface area contributed by atoms with Gasteiger partial charge in [-0.25, -0.2) is 0 Å². The van der Waals surface area contributed by atoms with Gasteiger partial charge in [-0.1, -0.05) is 6.58 Å². The Morgan fingerprint density at radius 3 is 2.43 bits per heavy atom. The zero-order valence-electron chi connectivity index (χ0n) is 7.79. The third-order valence-corrected chi connectivity index (χ3v) is 1.65. The molecule has 5 N–H and O–H groups in total. The Labute approximate surface area is 82.6 Å². The van der Waals surface area contributed by atoms with E-state index in [0.29, 0.717) is 16.9 Å². The number of nitrogens with one attached hydrogen (secondary N) is 1. The molecule has 74 valence electrons. The van der Waals surface area contributed by atoms with E-state index in [4.69, 9.17) is 11.5 Å². The van der Waals surface area contributed by atoms with Gasteiger partial charge in [0.05, 0.1) is 6.54 Å². The Morgan fingerprint density at radius 2 is 1.93 bits per heavy atom. The van der Waals surface area contributed by atoms with Crippen LogP contribution in [-0.2, 0) is 0 Å². The van der Waals surface area contributed by atoms with Gasteiger partial charge >= 0.3 is 0 Å². The molecule has 0 aliphatic rings. The second kappa shape index (κ2) is 4.32. The molecular weight excluding hydrogens is 178 g/mol. The van der Waals surface area contributed by atoms with Crippen LogP contribution in [0.4, 0.5) is 5.69 Å². The molecule has 0 spiro atoms. The van der Waals surface area contributed by atoms with Gasteiger partial charge < -0.3 is 16.8 Å². The summed E-state index contributed by atoms with van der Waals surface area (Å²) < 4.78 is 0. The van der Waals surface area contributed by atoms with Crippen molar-refractivity contribution in [3.05, 3.63) is 42.1 Å². The van der Waals surface area contributed by atoms with Gasteiger partial charge in [0.25, 0.3) is 5.91 Å². The highest BCUT2D eigenvalue weighted by Gasteiger charge is 2.03. The Morgan fingerprint density at radius 1 is 1.36 bits per heavy atom. The topological polar surface area (TPSA) is 81.1 Å². The zero-order valence-corrected chi connectivity index (χ0v) is 7.79. The average Bonchev–Trinajstić information content (AvgIpc) is 2.15. The van der Waals surface area contributed by atoms with E-state index in [-0.39, 0.29) is 12.5 Å². The van der Waals surface area contributed by atoms with Gasteiger partial charge in [-0.15, -0.1) is 0 Å². The molecular formula is C10H13N3O. The molecule has 0 heterocycles. The maximum Gasteiger partial charge on any atom is 0.251 e. The molecule has 0 radical (unpaired) electrons. The molecule has 0 aliphatic carbocycles. The third kappa shape index (κ3) is 2.82. The van der Waals surface area contributed by atoms with Gasteiger partial charge in [0.2, 0.25) is 0 Å². The molecule has 0 bridgehead atoms. The predicted octanol–water partition coefficient (Wildman–Crippen LogP) is 0.471. The Kier molecular flexibility index (Phi) is 3.12. The Balaban J connectivity index is 2.61. The van der Waals surface area contributed by atoms with Gasteiger partial charge in [0, 0.05) is 16.9 Å². The number of amides is 1. The number of hydrogen-bond acceptors (Lipinski definition) is 3. The average molecular weight is 191 g/mol. The van der Waals surface area contributed by atoms with Crippen LogP contribution in [0.2, 0.25) is 0 Å². The van der Waals surface area contributed by atoms with E-state index in [1.807, 2.05) is 0 Å². The summed E-state index contributed by atoms with van der Waals surface area (Å²) in [5.41, 5.74) is 12.4. The zero-order chi connectivity index (χ0) is 10.6. The molecule has 0 aromatic heterocycles. The van der Waals surface area contributed by atoms with Crippen LogP contribution in [0.25, 0.3) is 0 Å². The number of nitrogen functional groups attached to an aromatic ring is 1. The van der Waals surface area contributed by atoms with Crippen LogP contribution in [0, 0.1) is 0 Å². The number of carbonyl (C=O) groups is 1. The van der Waals surface area contributed by atoms with E-state index >= 15 is 0 Å². The SMILES string of the molecule is C=C(N)CNC(=O)c1ccc(N)cc1. The molecule has 0 saturated heterocycles. The maximum absolute atomic E-state index is 11.4. The van der Waals surface area contributed by atoms with Gasteiger partial charge in [0.15, 0.2) is 0 Å². The van der Waals surface area contributed by atoms with Crippen LogP contribution in [0.15, 0.2) is 36.5 Å². The van der Waals surface area contributed by atoms with Crippen LogP contribution in [0.5, 0.6) is 0 Å². The summed E-state index contributed by atoms with van der Waals surface area (Å²) in [4.78, 5) is 11.4. The highest BCUT2D eigenvalue weighted by molar-refractivity contribution is 5.94. The summed E-state index contributed by atoms with van der Waals surface area (Å²) in [7, 11) is 0. The lowest BCUT2D eigenvalue weighted by Gasteiger charge is -2.04. The van der Waals surface area contributed by atoms with Crippen LogP contribution in [-0.4, -0.2) is 12.5 Å². The van der Waals surface area contributed by atoms with Gasteiger partial charge in [-0.05, 0) is 24.3 Å². The first-order chi connectivity index (χ1) is 6.59. The second-order valence-electron chi connectivity index (χ2n) is 2.96. The Hall–Kier alpha value is -1.97. The minimum absolute atomic E-state index is 0.184. The number of nitrogens with two attached hydrogens (primary N) is 2. The van der Waals surface area contributed by atoms with Gasteiger partial charge in [0.1, 0.15) is 0 Å². The lowest BCUT2D eigenvalue weighted by molar-refractivity contribution is 0.0957. The maximum atomic E-state index is 11.4. The Bertz CT molecular complexity index is 343. The highest BCUT2D eigenvalue weighted by Crippen LogP contribution is 2.04. The van der Waals surface area contributed by atoms with E-state index in [1.54, 1.807) is 24.3 Å². The molecule has 1 amide bonds. The number of carbonyl (C=O) groups excluding carboxylic acids is 1. The molecule has 0 saturated carbocycles. The third-order valence-electron chi connectivity index (χ3n) is 1.65. The monoisotopic (exact) mass is 191 g/mol. The summed E-state index contributed by atoms with van der Waals surface area (Å²) in [5.74, 6) is -0.184. The first-order valence-corrected chi connectivity index (χ1v) is 4.16. The minimum atomic E-state index is -0.184. The van der Waals surface area contributed by atoms with Gasteiger partial charge in [-0.2, -0.15) is 0 Å². The number of rotatable bonds is 3. The van der Waals surface area contributed by atoms with E-state index in [0.717, 1.165) is 0 Å². The first-order valence-electron chi connectivity index (χ1n) is 4.16. The summed E-state index contributed by atoms with van der Waals surface area (Å²) >= 11 is 0. The lowest BCUT2D eigenvalue weighted by atomic mass is 10.2. The van der Waals surface area contributed by atoms with Crippen LogP contribution in [0.1, 0.15) is 10.4 Å². The highest BCUT2D eigenvalue weighted by atomic mass is 16.1. The smallest absolute Gasteiger partial charge is 0.251 e. The molecule has 0 unspecified atom stereocenters. The van der Waals surface area contributed by atoms with Crippen molar-refractivity contribution < 1.29 is 4.79 Å². The van der Waals surface area contributed by atoms with E-state index in [1.165, 1.54) is 0 Å². The van der Waals surface area contributed by atoms with E-state index in [9.17, 15) is 4.79 Å². The quantitative estimate of drug-likeness (QED) is 0.607. The van der Waals surface area contributed by atoms with Crippen molar-refractivity contribution in [1.82, 2.24) is 5.32 Å². The summed E-state index contributed by atoms with van der Waals surface area (Å²) in [5, 5.41) is 2.61. The van der Waals surface area contributed by atoms with Crippen molar-refractivity contribution in [1.29, 1.82) is 0 Å². The number of anilines is 1. The fourth-order valence-corrected chi connectivity index (χ4v) is 0.930. The van der Waals surface area contributed by atoms with Crippen molar-refractivity contribution in [3.63, 3.8) is 0 Å². The van der Waals surface area contributed by atoms with Crippen LogP contribution in [0.3, 0.4) is 0 Å². The molecule has 14 heavy (non-hydrogen) atoms. The molecule has 1 aromatic rings. The molecule has 1 aromatic carbocycles. The largest absolute Gasteiger partial charge is 0.401 e.